The molecule has 4 saturated carbocycles. The van der Waals surface area contributed by atoms with Crippen molar-refractivity contribution in [1.82, 2.24) is 0 Å². The molecule has 0 spiro atoms. The molecule has 0 aromatic heterocycles. The molecule has 0 unspecified atom stereocenters. The van der Waals surface area contributed by atoms with Crippen molar-refractivity contribution in [3.63, 3.8) is 0 Å². The summed E-state index contributed by atoms with van der Waals surface area (Å²) in [7, 11) is 0. The third kappa shape index (κ3) is 7.49. The molecule has 0 amide bonds. The van der Waals surface area contributed by atoms with Crippen LogP contribution in [0.1, 0.15) is 113 Å². The van der Waals surface area contributed by atoms with Gasteiger partial charge in [-0.25, -0.2) is 0 Å². The molecule has 8 aliphatic rings. The Balaban J connectivity index is 1.01. The van der Waals surface area contributed by atoms with E-state index in [9.17, 15) is 55.9 Å². The number of ether oxygens (including phenoxy) is 6. The first-order valence-electron chi connectivity index (χ1n) is 23.7. The molecular weight excluding hydrogens is 837 g/mol. The van der Waals surface area contributed by atoms with Crippen LogP contribution in [-0.2, 0) is 33.2 Å². The van der Waals surface area contributed by atoms with E-state index >= 15 is 0 Å². The maximum atomic E-state index is 13.1. The zero-order valence-corrected chi connectivity index (χ0v) is 38.5. The third-order valence-corrected chi connectivity index (χ3v) is 19.1. The molecule has 3 saturated heterocycles. The number of aliphatic hydroxyl groups is 9. The molecule has 5 aliphatic carbocycles. The van der Waals surface area contributed by atoms with E-state index in [0.717, 1.165) is 44.9 Å². The summed E-state index contributed by atoms with van der Waals surface area (Å²) < 4.78 is 36.1. The zero-order chi connectivity index (χ0) is 46.7. The smallest absolute Gasteiger partial charge is 0.310 e. The Morgan fingerprint density at radius 1 is 0.719 bits per heavy atom. The van der Waals surface area contributed by atoms with E-state index in [0.29, 0.717) is 19.3 Å². The summed E-state index contributed by atoms with van der Waals surface area (Å²) in [6.45, 7) is 14.1. The van der Waals surface area contributed by atoms with Crippen LogP contribution in [0.4, 0.5) is 0 Å². The third-order valence-electron chi connectivity index (χ3n) is 19.1. The highest BCUT2D eigenvalue weighted by Gasteiger charge is 2.70. The fraction of sp³-hybridized carbons (Fsp3) is 0.936. The topological polar surface area (TPSA) is 275 Å². The van der Waals surface area contributed by atoms with Crippen LogP contribution in [-0.4, -0.2) is 169 Å². The molecule has 366 valence electrons. The second-order valence-corrected chi connectivity index (χ2v) is 22.9. The van der Waals surface area contributed by atoms with Crippen molar-refractivity contribution in [3.8, 4) is 0 Å². The molecule has 3 heterocycles. The minimum absolute atomic E-state index is 0.00330. The van der Waals surface area contributed by atoms with E-state index in [-0.39, 0.29) is 52.6 Å². The molecular formula is C47H76O17. The van der Waals surface area contributed by atoms with Crippen LogP contribution in [0.2, 0.25) is 0 Å². The Hall–Kier alpha value is -1.39. The number of carboxylic acids is 1. The highest BCUT2D eigenvalue weighted by atomic mass is 16.8. The average molecular weight is 913 g/mol. The van der Waals surface area contributed by atoms with Crippen molar-refractivity contribution in [1.29, 1.82) is 0 Å². The molecule has 23 atom stereocenters. The summed E-state index contributed by atoms with van der Waals surface area (Å²) in [5.74, 6) is -0.391. The van der Waals surface area contributed by atoms with Gasteiger partial charge in [0.1, 0.15) is 61.0 Å². The molecule has 7 fully saturated rings. The number of rotatable bonds is 9. The summed E-state index contributed by atoms with van der Waals surface area (Å²) in [5.41, 5.74) is -0.609. The van der Waals surface area contributed by atoms with Gasteiger partial charge in [0.15, 0.2) is 18.9 Å². The van der Waals surface area contributed by atoms with Gasteiger partial charge < -0.3 is 79.5 Å². The maximum Gasteiger partial charge on any atom is 0.310 e. The summed E-state index contributed by atoms with van der Waals surface area (Å²) in [4.78, 5) is 13.1. The van der Waals surface area contributed by atoms with E-state index in [2.05, 4.69) is 40.7 Å². The van der Waals surface area contributed by atoms with Crippen molar-refractivity contribution in [2.45, 2.75) is 205 Å². The lowest BCUT2D eigenvalue weighted by molar-refractivity contribution is -0.383. The number of allylic oxidation sites excluding steroid dienone is 2. The standard InChI is InChI=1S/C47H76O17/c1-22-30(51)36(63-38-34(55)33(54)32(53)26(19-48)61-38)35(56)39(60-22)64-37-31(52)25(50)20-59-40(37)62-29-11-12-43(4)27(44(29,5)21-49)10-13-46(7)28(43)9-8-23-24-18-42(2,3)14-16-47(24,41(57)58)17-15-45(23,46)6/h8,22,24-40,48-56H,9-21H2,1-7H3,(H,57,58)/t22-,24-,25-,26+,27+,28-,29-,30-,31-,32-,33-,34-,35+,36+,37-,38-,39+,40-,43+,44-,45-,46+,47-/m1/s1. The van der Waals surface area contributed by atoms with E-state index < -0.39 is 116 Å². The molecule has 3 aliphatic heterocycles. The van der Waals surface area contributed by atoms with Crippen LogP contribution >= 0.6 is 0 Å². The van der Waals surface area contributed by atoms with Gasteiger partial charge in [0, 0.05) is 5.41 Å². The molecule has 17 nitrogen and oxygen atoms in total. The predicted molar refractivity (Wildman–Crippen MR) is 225 cm³/mol. The van der Waals surface area contributed by atoms with Gasteiger partial charge in [-0.2, -0.15) is 0 Å². The van der Waals surface area contributed by atoms with Gasteiger partial charge in [0.2, 0.25) is 0 Å². The Kier molecular flexibility index (Phi) is 13.2. The first-order valence-corrected chi connectivity index (χ1v) is 23.7. The number of carbonyl (C=O) groups is 1. The van der Waals surface area contributed by atoms with Crippen LogP contribution in [0.15, 0.2) is 11.6 Å². The molecule has 17 heteroatoms. The largest absolute Gasteiger partial charge is 0.481 e. The lowest BCUT2D eigenvalue weighted by atomic mass is 9.33. The first kappa shape index (κ1) is 49.0. The lowest BCUT2D eigenvalue weighted by Gasteiger charge is -2.71. The lowest BCUT2D eigenvalue weighted by Crippen LogP contribution is -2.67. The zero-order valence-electron chi connectivity index (χ0n) is 38.5. The SMILES string of the molecule is C[C@H]1O[C@@H](O[C@H]2[C@@H](O[C@@H]3CC[C@@]4(C)[C@H](CC[C@@]5(C)[C@@H]4CC=C4[C@H]6CC(C)(C)CC[C@@]6(C(=O)O)CC[C@]45C)[C@@]3(C)CO)OC[C@@H](O)[C@H]2O)[C@@H](O)[C@@H](O[C@H]2O[C@@H](CO)[C@@H](O)[C@@H](O)[C@H]2O)[C@@H]1O. The predicted octanol–water partition coefficient (Wildman–Crippen LogP) is 1.35. The summed E-state index contributed by atoms with van der Waals surface area (Å²) in [6.07, 6.45) is -11.9. The van der Waals surface area contributed by atoms with E-state index in [1.807, 2.05) is 6.92 Å². The average Bonchev–Trinajstić information content (AvgIpc) is 3.24. The molecule has 64 heavy (non-hydrogen) atoms. The van der Waals surface area contributed by atoms with E-state index in [4.69, 9.17) is 28.4 Å². The Morgan fingerprint density at radius 2 is 1.39 bits per heavy atom. The fourth-order valence-electron chi connectivity index (χ4n) is 14.8. The van der Waals surface area contributed by atoms with Crippen LogP contribution in [0, 0.1) is 50.2 Å². The van der Waals surface area contributed by atoms with Gasteiger partial charge >= 0.3 is 5.97 Å². The number of carboxylic acid groups (broad SMARTS) is 1. The van der Waals surface area contributed by atoms with Crippen molar-refractivity contribution in [2.24, 2.45) is 50.2 Å². The van der Waals surface area contributed by atoms with Crippen LogP contribution in [0.3, 0.4) is 0 Å². The van der Waals surface area contributed by atoms with Crippen LogP contribution in [0.25, 0.3) is 0 Å². The quantitative estimate of drug-likeness (QED) is 0.116. The van der Waals surface area contributed by atoms with Crippen LogP contribution < -0.4 is 0 Å². The van der Waals surface area contributed by atoms with Crippen molar-refractivity contribution in [2.75, 3.05) is 19.8 Å². The monoisotopic (exact) mass is 913 g/mol. The van der Waals surface area contributed by atoms with E-state index in [1.165, 1.54) is 12.5 Å². The van der Waals surface area contributed by atoms with Gasteiger partial charge in [-0.3, -0.25) is 4.79 Å². The first-order chi connectivity index (χ1) is 29.9. The van der Waals surface area contributed by atoms with Gasteiger partial charge in [-0.05, 0) is 111 Å². The van der Waals surface area contributed by atoms with Gasteiger partial charge in [-0.1, -0.05) is 53.2 Å². The second-order valence-electron chi connectivity index (χ2n) is 22.9. The normalized spacial score (nSPS) is 55.0. The number of fused-ring (bicyclic) bond motifs is 7. The Labute approximate surface area is 376 Å². The summed E-state index contributed by atoms with van der Waals surface area (Å²) >= 11 is 0. The van der Waals surface area contributed by atoms with Crippen LogP contribution in [0.5, 0.6) is 0 Å². The highest BCUT2D eigenvalue weighted by molar-refractivity contribution is 5.76. The molecule has 10 N–H and O–H groups in total. The minimum atomic E-state index is -1.82. The van der Waals surface area contributed by atoms with Gasteiger partial charge in [0.05, 0.1) is 37.4 Å². The van der Waals surface area contributed by atoms with Crippen molar-refractivity contribution < 1.29 is 84.3 Å². The Morgan fingerprint density at radius 3 is 2.06 bits per heavy atom. The fourth-order valence-corrected chi connectivity index (χ4v) is 14.8. The number of aliphatic hydroxyl groups excluding tert-OH is 9. The number of hydrogen-bond donors (Lipinski definition) is 10. The van der Waals surface area contributed by atoms with Crippen molar-refractivity contribution in [3.05, 3.63) is 11.6 Å². The highest BCUT2D eigenvalue weighted by Crippen LogP contribution is 2.76. The van der Waals surface area contributed by atoms with Gasteiger partial charge in [0.25, 0.3) is 0 Å². The Bertz CT molecular complexity index is 1750. The molecule has 8 rings (SSSR count). The molecule has 0 aromatic rings. The minimum Gasteiger partial charge on any atom is -0.481 e. The van der Waals surface area contributed by atoms with Crippen molar-refractivity contribution >= 4 is 5.97 Å². The summed E-state index contributed by atoms with van der Waals surface area (Å²) in [5, 5.41) is 108. The molecule has 0 aromatic carbocycles. The van der Waals surface area contributed by atoms with Gasteiger partial charge in [-0.15, -0.1) is 0 Å². The second kappa shape index (κ2) is 17.2. The molecule has 0 bridgehead atoms. The molecule has 0 radical (unpaired) electrons. The number of aliphatic carboxylic acids is 1. The number of hydrogen-bond acceptors (Lipinski definition) is 16. The summed E-state index contributed by atoms with van der Waals surface area (Å²) in [6, 6.07) is 0. The maximum absolute atomic E-state index is 13.1. The van der Waals surface area contributed by atoms with E-state index in [1.54, 1.807) is 0 Å².